The molecule has 1 aromatic rings. The normalized spacial score (nSPS) is 11.8. The van der Waals surface area contributed by atoms with Crippen molar-refractivity contribution in [3.63, 3.8) is 0 Å². The fourth-order valence-corrected chi connectivity index (χ4v) is 2.61. The Morgan fingerprint density at radius 1 is 1.00 bits per heavy atom. The van der Waals surface area contributed by atoms with Crippen molar-refractivity contribution in [3.05, 3.63) is 21.9 Å². The van der Waals surface area contributed by atoms with Crippen LogP contribution in [0.25, 0.3) is 0 Å². The van der Waals surface area contributed by atoms with Crippen molar-refractivity contribution in [1.29, 1.82) is 0 Å². The van der Waals surface area contributed by atoms with Crippen LogP contribution in [0.5, 0.6) is 0 Å². The molecule has 0 aromatic carbocycles. The number of rotatable bonds is 6. The first-order valence-electron chi connectivity index (χ1n) is 7.21. The van der Waals surface area contributed by atoms with E-state index in [0.29, 0.717) is 0 Å². The molecule has 0 nitrogen and oxygen atoms in total. The number of aryl methyl sites for hydroxylation is 1. The highest BCUT2D eigenvalue weighted by atomic mass is 32.1. The summed E-state index contributed by atoms with van der Waals surface area (Å²) in [5.74, 6) is 0.749. The van der Waals surface area contributed by atoms with E-state index in [1.54, 1.807) is 0 Å². The molecule has 0 N–H and O–H groups in total. The SMILES string of the molecule is CCC(C)c1ccc(C)s1.CCCCCCC. The maximum absolute atomic E-state index is 2.28. The molecule has 100 valence electrons. The Labute approximate surface area is 112 Å². The Kier molecular flexibility index (Phi) is 10.6. The van der Waals surface area contributed by atoms with Crippen molar-refractivity contribution in [3.8, 4) is 0 Å². The zero-order valence-electron chi connectivity index (χ0n) is 12.4. The Balaban J connectivity index is 0.000000325. The highest BCUT2D eigenvalue weighted by Gasteiger charge is 2.03. The minimum atomic E-state index is 0.749. The van der Waals surface area contributed by atoms with Gasteiger partial charge in [0.2, 0.25) is 0 Å². The third-order valence-electron chi connectivity index (χ3n) is 3.07. The van der Waals surface area contributed by atoms with E-state index in [1.807, 2.05) is 11.3 Å². The first-order valence-corrected chi connectivity index (χ1v) is 8.03. The topological polar surface area (TPSA) is 0 Å². The lowest BCUT2D eigenvalue weighted by molar-refractivity contribution is 0.656. The van der Waals surface area contributed by atoms with Gasteiger partial charge in [0, 0.05) is 9.75 Å². The Hall–Kier alpha value is -0.300. The van der Waals surface area contributed by atoms with E-state index in [-0.39, 0.29) is 0 Å². The van der Waals surface area contributed by atoms with Gasteiger partial charge in [0.25, 0.3) is 0 Å². The summed E-state index contributed by atoms with van der Waals surface area (Å²) >= 11 is 1.92. The molecule has 0 aliphatic carbocycles. The number of hydrogen-bond acceptors (Lipinski definition) is 1. The van der Waals surface area contributed by atoms with Crippen LogP contribution < -0.4 is 0 Å². The first-order chi connectivity index (χ1) is 8.15. The number of unbranched alkanes of at least 4 members (excludes halogenated alkanes) is 4. The van der Waals surface area contributed by atoms with Crippen LogP contribution in [0.2, 0.25) is 0 Å². The molecule has 1 rings (SSSR count). The largest absolute Gasteiger partial charge is 0.145 e. The zero-order valence-corrected chi connectivity index (χ0v) is 13.2. The maximum Gasteiger partial charge on any atom is 0.00761 e. The average molecular weight is 254 g/mol. The van der Waals surface area contributed by atoms with Gasteiger partial charge < -0.3 is 0 Å². The number of hydrogen-bond donors (Lipinski definition) is 0. The summed E-state index contributed by atoms with van der Waals surface area (Å²) in [6, 6.07) is 4.44. The molecule has 0 spiro atoms. The van der Waals surface area contributed by atoms with E-state index in [4.69, 9.17) is 0 Å². The second kappa shape index (κ2) is 10.8. The Morgan fingerprint density at radius 2 is 1.59 bits per heavy atom. The molecule has 17 heavy (non-hydrogen) atoms. The fraction of sp³-hybridized carbons (Fsp3) is 0.750. The lowest BCUT2D eigenvalue weighted by atomic mass is 10.1. The van der Waals surface area contributed by atoms with E-state index in [1.165, 1.54) is 48.3 Å². The molecular formula is C16H30S. The van der Waals surface area contributed by atoms with Crippen LogP contribution in [-0.2, 0) is 0 Å². The van der Waals surface area contributed by atoms with Crippen molar-refractivity contribution in [2.24, 2.45) is 0 Å². The second-order valence-corrected chi connectivity index (χ2v) is 6.14. The maximum atomic E-state index is 2.28. The summed E-state index contributed by atoms with van der Waals surface area (Å²) in [5.41, 5.74) is 0. The number of thiophene rings is 1. The molecule has 0 amide bonds. The van der Waals surface area contributed by atoms with Crippen LogP contribution in [0.1, 0.15) is 81.9 Å². The monoisotopic (exact) mass is 254 g/mol. The summed E-state index contributed by atoms with van der Waals surface area (Å²) in [5, 5.41) is 0. The van der Waals surface area contributed by atoms with Crippen LogP contribution in [-0.4, -0.2) is 0 Å². The van der Waals surface area contributed by atoms with Crippen LogP contribution in [0.4, 0.5) is 0 Å². The van der Waals surface area contributed by atoms with Gasteiger partial charge in [-0.25, -0.2) is 0 Å². The molecule has 1 heterocycles. The third kappa shape index (κ3) is 8.43. The van der Waals surface area contributed by atoms with E-state index >= 15 is 0 Å². The van der Waals surface area contributed by atoms with Gasteiger partial charge in [-0.2, -0.15) is 0 Å². The van der Waals surface area contributed by atoms with E-state index in [2.05, 4.69) is 46.8 Å². The van der Waals surface area contributed by atoms with Crippen molar-refractivity contribution in [2.45, 2.75) is 79.1 Å². The smallest absolute Gasteiger partial charge is 0.00761 e. The highest BCUT2D eigenvalue weighted by molar-refractivity contribution is 7.12. The van der Waals surface area contributed by atoms with Crippen LogP contribution >= 0.6 is 11.3 Å². The molecule has 0 fully saturated rings. The summed E-state index contributed by atoms with van der Waals surface area (Å²) in [4.78, 5) is 2.95. The van der Waals surface area contributed by atoms with Crippen LogP contribution in [0, 0.1) is 6.92 Å². The van der Waals surface area contributed by atoms with Crippen LogP contribution in [0.3, 0.4) is 0 Å². The standard InChI is InChI=1S/C9H14S.C7H16/c1-4-7(2)9-6-5-8(3)10-9;1-3-5-7-6-4-2/h5-7H,4H2,1-3H3;3-7H2,1-2H3. The minimum absolute atomic E-state index is 0.749. The summed E-state index contributed by atoms with van der Waals surface area (Å²) in [6.07, 6.45) is 8.26. The second-order valence-electron chi connectivity index (χ2n) is 4.82. The highest BCUT2D eigenvalue weighted by Crippen LogP contribution is 2.25. The summed E-state index contributed by atoms with van der Waals surface area (Å²) in [7, 11) is 0. The Morgan fingerprint density at radius 3 is 1.94 bits per heavy atom. The summed E-state index contributed by atoms with van der Waals surface area (Å²) in [6.45, 7) is 11.2. The Bertz CT molecular complexity index is 258. The predicted molar refractivity (Wildman–Crippen MR) is 82.2 cm³/mol. The molecule has 0 saturated carbocycles. The summed E-state index contributed by atoms with van der Waals surface area (Å²) < 4.78 is 0. The van der Waals surface area contributed by atoms with Gasteiger partial charge >= 0.3 is 0 Å². The molecule has 0 radical (unpaired) electrons. The molecule has 0 aliphatic heterocycles. The molecule has 1 atom stereocenters. The van der Waals surface area contributed by atoms with Crippen LogP contribution in [0.15, 0.2) is 12.1 Å². The van der Waals surface area contributed by atoms with Gasteiger partial charge in [-0.15, -0.1) is 11.3 Å². The van der Waals surface area contributed by atoms with E-state index in [0.717, 1.165) is 5.92 Å². The molecule has 1 aromatic heterocycles. The van der Waals surface area contributed by atoms with Gasteiger partial charge in [0.05, 0.1) is 0 Å². The molecule has 1 unspecified atom stereocenters. The fourth-order valence-electron chi connectivity index (χ4n) is 1.60. The molecule has 0 bridgehead atoms. The molecular weight excluding hydrogens is 224 g/mol. The van der Waals surface area contributed by atoms with Gasteiger partial charge in [-0.05, 0) is 31.4 Å². The van der Waals surface area contributed by atoms with Gasteiger partial charge in [0.15, 0.2) is 0 Å². The van der Waals surface area contributed by atoms with E-state index < -0.39 is 0 Å². The van der Waals surface area contributed by atoms with Gasteiger partial charge in [-0.3, -0.25) is 0 Å². The van der Waals surface area contributed by atoms with Crippen molar-refractivity contribution >= 4 is 11.3 Å². The molecule has 1 heteroatoms. The van der Waals surface area contributed by atoms with Crippen molar-refractivity contribution in [1.82, 2.24) is 0 Å². The lowest BCUT2D eigenvalue weighted by Crippen LogP contribution is -1.84. The first kappa shape index (κ1) is 16.7. The average Bonchev–Trinajstić information content (AvgIpc) is 2.76. The van der Waals surface area contributed by atoms with E-state index in [9.17, 15) is 0 Å². The molecule has 0 saturated heterocycles. The minimum Gasteiger partial charge on any atom is -0.145 e. The zero-order chi connectivity index (χ0) is 13.1. The van der Waals surface area contributed by atoms with Crippen molar-refractivity contribution in [2.75, 3.05) is 0 Å². The quantitative estimate of drug-likeness (QED) is 0.505. The van der Waals surface area contributed by atoms with Crippen molar-refractivity contribution < 1.29 is 0 Å². The lowest BCUT2D eigenvalue weighted by Gasteiger charge is -2.02. The predicted octanol–water partition coefficient (Wildman–Crippen LogP) is 6.55. The van der Waals surface area contributed by atoms with Gasteiger partial charge in [-0.1, -0.05) is 59.8 Å². The third-order valence-corrected chi connectivity index (χ3v) is 4.30. The van der Waals surface area contributed by atoms with Gasteiger partial charge in [0.1, 0.15) is 0 Å². The molecule has 0 aliphatic rings.